The molecule has 2 heterocycles. The van der Waals surface area contributed by atoms with Gasteiger partial charge in [0, 0.05) is 11.6 Å². The van der Waals surface area contributed by atoms with Gasteiger partial charge in [-0.15, -0.1) is 0 Å². The topological polar surface area (TPSA) is 148 Å². The molecule has 1 atom stereocenters. The van der Waals surface area contributed by atoms with Crippen molar-refractivity contribution in [2.75, 3.05) is 14.2 Å². The fraction of sp³-hybridized carbons (Fsp3) is 0.143. The zero-order valence-corrected chi connectivity index (χ0v) is 26.4. The molecule has 0 spiro atoms. The number of fused-ring (bicyclic) bond motifs is 3. The molecule has 0 unspecified atom stereocenters. The van der Waals surface area contributed by atoms with E-state index in [0.717, 1.165) is 47.4 Å². The largest absolute Gasteiger partial charge is 0.493 e. The van der Waals surface area contributed by atoms with Gasteiger partial charge in [-0.1, -0.05) is 53.8 Å². The predicted octanol–water partition coefficient (Wildman–Crippen LogP) is 5.94. The lowest BCUT2D eigenvalue weighted by Crippen LogP contribution is -2.38. The van der Waals surface area contributed by atoms with E-state index >= 15 is 0 Å². The van der Waals surface area contributed by atoms with Crippen LogP contribution < -0.4 is 29.1 Å². The first-order valence-corrected chi connectivity index (χ1v) is 15.6. The Bertz CT molecular complexity index is 2340. The summed E-state index contributed by atoms with van der Waals surface area (Å²) >= 11 is 1.30. The molecule has 1 aromatic heterocycles. The number of hydrogen-bond acceptors (Lipinski definition) is 10. The molecule has 0 amide bonds. The van der Waals surface area contributed by atoms with Crippen LogP contribution in [-0.2, 0) is 6.42 Å². The summed E-state index contributed by atoms with van der Waals surface area (Å²) in [6.45, 7) is 0. The number of benzene rings is 4. The van der Waals surface area contributed by atoms with Crippen molar-refractivity contribution < 1.29 is 24.1 Å². The van der Waals surface area contributed by atoms with Gasteiger partial charge in [-0.3, -0.25) is 29.6 Å². The molecule has 0 fully saturated rings. The monoisotopic (exact) mass is 662 g/mol. The minimum atomic E-state index is -0.734. The molecular formula is C35H26N4O8S. The Morgan fingerprint density at radius 3 is 2.35 bits per heavy atom. The van der Waals surface area contributed by atoms with E-state index in [2.05, 4.69) is 12.1 Å². The molecule has 0 radical (unpaired) electrons. The normalized spacial score (nSPS) is 15.1. The highest BCUT2D eigenvalue weighted by Gasteiger charge is 2.33. The van der Waals surface area contributed by atoms with Crippen LogP contribution in [0.2, 0.25) is 0 Å². The quantitative estimate of drug-likeness (QED) is 0.146. The number of rotatable bonds is 8. The van der Waals surface area contributed by atoms with Gasteiger partial charge < -0.3 is 14.2 Å². The molecule has 4 aromatic carbocycles. The van der Waals surface area contributed by atoms with Crippen LogP contribution in [0.3, 0.4) is 0 Å². The Morgan fingerprint density at radius 1 is 0.875 bits per heavy atom. The van der Waals surface area contributed by atoms with Crippen molar-refractivity contribution in [2.45, 2.75) is 18.9 Å². The van der Waals surface area contributed by atoms with E-state index in [-0.39, 0.29) is 17.1 Å². The summed E-state index contributed by atoms with van der Waals surface area (Å²) in [6.07, 6.45) is 3.34. The standard InChI is InChI=1S/C35H26N4O8S/c1-45-29-15-10-22(18-30(29)46-2)33-26-14-9-21-5-3-4-6-25(21)32(26)36-35-37(33)34(40)31(48-35)17-20-7-12-24(13-8-20)47-28-16-11-23(38(41)42)19-27(28)39(43)44/h3-8,10-13,15-19,33H,9,14H2,1-2H3/b31-17+/t33-/m0/s1. The fourth-order valence-electron chi connectivity index (χ4n) is 6.10. The summed E-state index contributed by atoms with van der Waals surface area (Å²) in [5.74, 6) is 1.30. The number of non-ortho nitro benzene ring substituents is 1. The molecule has 7 rings (SSSR count). The highest BCUT2D eigenvalue weighted by molar-refractivity contribution is 7.07. The van der Waals surface area contributed by atoms with Crippen molar-refractivity contribution in [3.8, 4) is 23.0 Å². The predicted molar refractivity (Wildman–Crippen MR) is 179 cm³/mol. The summed E-state index contributed by atoms with van der Waals surface area (Å²) in [5, 5.41) is 22.6. The number of methoxy groups -OCH3 is 2. The number of ether oxygens (including phenoxy) is 3. The van der Waals surface area contributed by atoms with Crippen LogP contribution >= 0.6 is 11.3 Å². The molecule has 1 aliphatic heterocycles. The molecule has 12 nitrogen and oxygen atoms in total. The van der Waals surface area contributed by atoms with E-state index in [9.17, 15) is 25.0 Å². The number of thiazole rings is 1. The Hall–Kier alpha value is -6.08. The highest BCUT2D eigenvalue weighted by Crippen LogP contribution is 2.43. The van der Waals surface area contributed by atoms with Gasteiger partial charge in [0.05, 0.1) is 46.4 Å². The maximum atomic E-state index is 14.2. The molecule has 0 bridgehead atoms. The van der Waals surface area contributed by atoms with Crippen LogP contribution in [-0.4, -0.2) is 28.6 Å². The van der Waals surface area contributed by atoms with E-state index in [1.54, 1.807) is 49.1 Å². The van der Waals surface area contributed by atoms with E-state index in [1.165, 1.54) is 23.0 Å². The molecule has 2 aliphatic rings. The zero-order chi connectivity index (χ0) is 33.5. The average molecular weight is 663 g/mol. The average Bonchev–Trinajstić information content (AvgIpc) is 3.41. The maximum Gasteiger partial charge on any atom is 0.318 e. The molecule has 0 N–H and O–H groups in total. The van der Waals surface area contributed by atoms with Crippen LogP contribution in [0.15, 0.2) is 100 Å². The molecule has 0 saturated heterocycles. The van der Waals surface area contributed by atoms with Gasteiger partial charge in [-0.25, -0.2) is 4.99 Å². The van der Waals surface area contributed by atoms with Crippen molar-refractivity contribution in [1.29, 1.82) is 0 Å². The van der Waals surface area contributed by atoms with Gasteiger partial charge in [-0.2, -0.15) is 0 Å². The third-order valence-corrected chi connectivity index (χ3v) is 9.33. The van der Waals surface area contributed by atoms with Crippen molar-refractivity contribution in [3.63, 3.8) is 0 Å². The van der Waals surface area contributed by atoms with E-state index in [4.69, 9.17) is 19.2 Å². The van der Waals surface area contributed by atoms with Gasteiger partial charge >= 0.3 is 5.69 Å². The Balaban J connectivity index is 1.29. The molecule has 0 saturated carbocycles. The third-order valence-electron chi connectivity index (χ3n) is 8.35. The maximum absolute atomic E-state index is 14.2. The van der Waals surface area contributed by atoms with Gasteiger partial charge in [0.15, 0.2) is 16.3 Å². The van der Waals surface area contributed by atoms with Crippen LogP contribution in [0.4, 0.5) is 11.4 Å². The second kappa shape index (κ2) is 12.3. The number of allylic oxidation sites excluding steroid dienone is 1. The lowest BCUT2D eigenvalue weighted by atomic mass is 9.83. The lowest BCUT2D eigenvalue weighted by Gasteiger charge is -2.31. The number of nitrogens with zero attached hydrogens (tertiary/aromatic N) is 4. The summed E-state index contributed by atoms with van der Waals surface area (Å²) in [7, 11) is 3.16. The SMILES string of the molecule is COc1ccc([C@H]2C3=C(N=c4s/c(=C/c5ccc(Oc6ccc([N+](=O)[O-])cc6[N+](=O)[O-])cc5)c(=O)n42)c2ccccc2CC3)cc1OC. The van der Waals surface area contributed by atoms with E-state index in [1.807, 2.05) is 30.3 Å². The Morgan fingerprint density at radius 2 is 1.62 bits per heavy atom. The van der Waals surface area contributed by atoms with Crippen molar-refractivity contribution >= 4 is 34.5 Å². The van der Waals surface area contributed by atoms with E-state index < -0.39 is 27.3 Å². The van der Waals surface area contributed by atoms with Crippen LogP contribution in [0.5, 0.6) is 23.0 Å². The van der Waals surface area contributed by atoms with Crippen molar-refractivity contribution in [2.24, 2.45) is 4.99 Å². The van der Waals surface area contributed by atoms with Crippen LogP contribution in [0, 0.1) is 20.2 Å². The Labute approximate surface area is 276 Å². The summed E-state index contributed by atoms with van der Waals surface area (Å²) in [6, 6.07) is 23.4. The van der Waals surface area contributed by atoms with E-state index in [0.29, 0.717) is 26.4 Å². The number of aromatic nitrogens is 1. The van der Waals surface area contributed by atoms with Crippen LogP contribution in [0.1, 0.15) is 34.7 Å². The second-order valence-electron chi connectivity index (χ2n) is 11.1. The lowest BCUT2D eigenvalue weighted by molar-refractivity contribution is -0.394. The third kappa shape index (κ3) is 5.39. The first-order valence-electron chi connectivity index (χ1n) is 14.8. The first kappa shape index (κ1) is 30.6. The first-order chi connectivity index (χ1) is 23.2. The summed E-state index contributed by atoms with van der Waals surface area (Å²) in [5.41, 5.74) is 4.66. The molecule has 48 heavy (non-hydrogen) atoms. The van der Waals surface area contributed by atoms with Gasteiger partial charge in [0.2, 0.25) is 5.75 Å². The molecule has 240 valence electrons. The van der Waals surface area contributed by atoms with Crippen molar-refractivity contribution in [3.05, 3.63) is 153 Å². The number of aryl methyl sites for hydroxylation is 1. The fourth-order valence-corrected chi connectivity index (χ4v) is 7.10. The van der Waals surface area contributed by atoms with Crippen LogP contribution in [0.25, 0.3) is 11.8 Å². The summed E-state index contributed by atoms with van der Waals surface area (Å²) in [4.78, 5) is 40.9. The number of hydrogen-bond donors (Lipinski definition) is 0. The number of nitro groups is 2. The van der Waals surface area contributed by atoms with Gasteiger partial charge in [-0.05, 0) is 71.5 Å². The molecular weight excluding hydrogens is 636 g/mol. The highest BCUT2D eigenvalue weighted by atomic mass is 32.1. The zero-order valence-electron chi connectivity index (χ0n) is 25.6. The van der Waals surface area contributed by atoms with Crippen molar-refractivity contribution in [1.82, 2.24) is 4.57 Å². The molecule has 13 heteroatoms. The Kier molecular flexibility index (Phi) is 7.81. The molecule has 1 aliphatic carbocycles. The number of nitro benzene ring substituents is 2. The van der Waals surface area contributed by atoms with Gasteiger partial charge in [0.25, 0.3) is 11.2 Å². The minimum absolute atomic E-state index is 0.132. The molecule has 5 aromatic rings. The summed E-state index contributed by atoms with van der Waals surface area (Å²) < 4.78 is 19.0. The second-order valence-corrected chi connectivity index (χ2v) is 12.1. The van der Waals surface area contributed by atoms with Gasteiger partial charge in [0.1, 0.15) is 5.75 Å². The minimum Gasteiger partial charge on any atom is -0.493 e. The smallest absolute Gasteiger partial charge is 0.318 e.